The van der Waals surface area contributed by atoms with Gasteiger partial charge in [-0.05, 0) is 19.1 Å². The van der Waals surface area contributed by atoms with E-state index in [4.69, 9.17) is 4.74 Å². The molecule has 2 heterocycles. The third-order valence-corrected chi connectivity index (χ3v) is 3.70. The lowest BCUT2D eigenvalue weighted by Gasteiger charge is -2.27. The highest BCUT2D eigenvalue weighted by Crippen LogP contribution is 2.16. The van der Waals surface area contributed by atoms with Crippen molar-refractivity contribution < 1.29 is 13.9 Å². The fourth-order valence-corrected chi connectivity index (χ4v) is 2.48. The van der Waals surface area contributed by atoms with Crippen LogP contribution in [0.2, 0.25) is 0 Å². The van der Waals surface area contributed by atoms with E-state index in [2.05, 4.69) is 10.2 Å². The molecule has 2 aromatic rings. The van der Waals surface area contributed by atoms with Gasteiger partial charge in [0, 0.05) is 13.1 Å². The van der Waals surface area contributed by atoms with Crippen LogP contribution in [0.15, 0.2) is 24.3 Å². The SMILES string of the molecule is Cc1nnc2n1CCN(C(=O)CCOc1ccccc1F)C2. The van der Waals surface area contributed by atoms with Gasteiger partial charge < -0.3 is 14.2 Å². The number of aromatic nitrogens is 3. The van der Waals surface area contributed by atoms with E-state index in [1.807, 2.05) is 11.5 Å². The number of aryl methyl sites for hydroxylation is 1. The molecule has 0 unspecified atom stereocenters. The molecule has 22 heavy (non-hydrogen) atoms. The number of amides is 1. The average Bonchev–Trinajstić information content (AvgIpc) is 2.90. The zero-order valence-electron chi connectivity index (χ0n) is 12.3. The molecule has 0 fully saturated rings. The van der Waals surface area contributed by atoms with E-state index in [9.17, 15) is 9.18 Å². The van der Waals surface area contributed by atoms with Gasteiger partial charge in [-0.15, -0.1) is 10.2 Å². The summed E-state index contributed by atoms with van der Waals surface area (Å²) < 4.78 is 20.7. The predicted molar refractivity (Wildman–Crippen MR) is 76.7 cm³/mol. The minimum atomic E-state index is -0.420. The first-order valence-electron chi connectivity index (χ1n) is 7.19. The number of carbonyl (C=O) groups excluding carboxylic acids is 1. The second-order valence-electron chi connectivity index (χ2n) is 5.16. The molecule has 0 N–H and O–H groups in total. The zero-order chi connectivity index (χ0) is 15.5. The quantitative estimate of drug-likeness (QED) is 0.859. The van der Waals surface area contributed by atoms with Gasteiger partial charge in [0.1, 0.15) is 5.82 Å². The van der Waals surface area contributed by atoms with E-state index in [-0.39, 0.29) is 24.7 Å². The molecular weight excluding hydrogens is 287 g/mol. The van der Waals surface area contributed by atoms with Gasteiger partial charge in [-0.25, -0.2) is 4.39 Å². The Hall–Kier alpha value is -2.44. The van der Waals surface area contributed by atoms with Gasteiger partial charge in [-0.3, -0.25) is 4.79 Å². The lowest BCUT2D eigenvalue weighted by Crippen LogP contribution is -2.39. The van der Waals surface area contributed by atoms with Crippen molar-refractivity contribution in [2.45, 2.75) is 26.4 Å². The Bertz CT molecular complexity index is 686. The fraction of sp³-hybridized carbons (Fsp3) is 0.400. The number of nitrogens with zero attached hydrogens (tertiary/aromatic N) is 4. The van der Waals surface area contributed by atoms with Gasteiger partial charge in [0.2, 0.25) is 5.91 Å². The zero-order valence-corrected chi connectivity index (χ0v) is 12.3. The summed E-state index contributed by atoms with van der Waals surface area (Å²) in [5.74, 6) is 1.39. The highest BCUT2D eigenvalue weighted by Gasteiger charge is 2.23. The maximum Gasteiger partial charge on any atom is 0.226 e. The molecule has 0 bridgehead atoms. The number of hydrogen-bond donors (Lipinski definition) is 0. The Morgan fingerprint density at radius 2 is 2.14 bits per heavy atom. The lowest BCUT2D eigenvalue weighted by atomic mass is 10.3. The first kappa shape index (κ1) is 14.5. The van der Waals surface area contributed by atoms with Crippen molar-refractivity contribution in [2.24, 2.45) is 0 Å². The second kappa shape index (κ2) is 6.13. The van der Waals surface area contributed by atoms with Crippen LogP contribution in [0.3, 0.4) is 0 Å². The molecule has 0 radical (unpaired) electrons. The molecule has 1 aromatic carbocycles. The highest BCUT2D eigenvalue weighted by molar-refractivity contribution is 5.76. The van der Waals surface area contributed by atoms with Crippen molar-refractivity contribution in [1.82, 2.24) is 19.7 Å². The highest BCUT2D eigenvalue weighted by atomic mass is 19.1. The van der Waals surface area contributed by atoms with E-state index in [1.54, 1.807) is 23.1 Å². The number of hydrogen-bond acceptors (Lipinski definition) is 4. The van der Waals surface area contributed by atoms with Crippen LogP contribution >= 0.6 is 0 Å². The van der Waals surface area contributed by atoms with Gasteiger partial charge in [-0.2, -0.15) is 0 Å². The topological polar surface area (TPSA) is 60.2 Å². The third kappa shape index (κ3) is 2.93. The van der Waals surface area contributed by atoms with Gasteiger partial charge in [0.05, 0.1) is 19.6 Å². The number of halogens is 1. The molecule has 0 atom stereocenters. The van der Waals surface area contributed by atoms with Crippen LogP contribution in [0, 0.1) is 12.7 Å². The number of benzene rings is 1. The molecule has 1 aromatic heterocycles. The molecule has 0 saturated heterocycles. The van der Waals surface area contributed by atoms with Crippen LogP contribution in [-0.4, -0.2) is 38.7 Å². The van der Waals surface area contributed by atoms with Crippen molar-refractivity contribution in [2.75, 3.05) is 13.2 Å². The van der Waals surface area contributed by atoms with Gasteiger partial charge in [0.25, 0.3) is 0 Å². The molecule has 1 aliphatic rings. The molecule has 0 spiro atoms. The molecular formula is C15H17FN4O2. The fourth-order valence-electron chi connectivity index (χ4n) is 2.48. The van der Waals surface area contributed by atoms with Crippen LogP contribution in [0.25, 0.3) is 0 Å². The first-order valence-corrected chi connectivity index (χ1v) is 7.19. The van der Waals surface area contributed by atoms with E-state index < -0.39 is 5.82 Å². The largest absolute Gasteiger partial charge is 0.490 e. The van der Waals surface area contributed by atoms with E-state index >= 15 is 0 Å². The standard InChI is InChI=1S/C15H17FN4O2/c1-11-17-18-14-10-19(7-8-20(11)14)15(21)6-9-22-13-5-3-2-4-12(13)16/h2-5H,6-10H2,1H3. The third-order valence-electron chi connectivity index (χ3n) is 3.70. The van der Waals surface area contributed by atoms with Gasteiger partial charge in [0.15, 0.2) is 17.4 Å². The number of ether oxygens (including phenoxy) is 1. The van der Waals surface area contributed by atoms with Crippen molar-refractivity contribution in [3.63, 3.8) is 0 Å². The second-order valence-corrected chi connectivity index (χ2v) is 5.16. The van der Waals surface area contributed by atoms with E-state index in [0.29, 0.717) is 19.6 Å². The summed E-state index contributed by atoms with van der Waals surface area (Å²) in [6, 6.07) is 6.17. The minimum absolute atomic E-state index is 0.0248. The summed E-state index contributed by atoms with van der Waals surface area (Å²) in [5.41, 5.74) is 0. The molecule has 1 aliphatic heterocycles. The summed E-state index contributed by atoms with van der Waals surface area (Å²) in [6.45, 7) is 3.84. The van der Waals surface area contributed by atoms with E-state index in [1.165, 1.54) is 6.07 Å². The summed E-state index contributed by atoms with van der Waals surface area (Å²) in [4.78, 5) is 13.9. The molecule has 3 rings (SSSR count). The Morgan fingerprint density at radius 3 is 2.95 bits per heavy atom. The maximum absolute atomic E-state index is 13.4. The van der Waals surface area contributed by atoms with Crippen molar-refractivity contribution >= 4 is 5.91 Å². The number of para-hydroxylation sites is 1. The van der Waals surface area contributed by atoms with Crippen LogP contribution < -0.4 is 4.74 Å². The van der Waals surface area contributed by atoms with Crippen LogP contribution in [0.5, 0.6) is 5.75 Å². The maximum atomic E-state index is 13.4. The van der Waals surface area contributed by atoms with Crippen molar-refractivity contribution in [3.8, 4) is 5.75 Å². The summed E-state index contributed by atoms with van der Waals surface area (Å²) in [7, 11) is 0. The van der Waals surface area contributed by atoms with Crippen LogP contribution in [0.4, 0.5) is 4.39 Å². The molecule has 116 valence electrons. The van der Waals surface area contributed by atoms with Gasteiger partial charge >= 0.3 is 0 Å². The van der Waals surface area contributed by atoms with Gasteiger partial charge in [-0.1, -0.05) is 12.1 Å². The molecule has 0 saturated carbocycles. The Labute approximate surface area is 127 Å². The molecule has 6 nitrogen and oxygen atoms in total. The molecule has 1 amide bonds. The average molecular weight is 304 g/mol. The lowest BCUT2D eigenvalue weighted by molar-refractivity contribution is -0.133. The van der Waals surface area contributed by atoms with Crippen molar-refractivity contribution in [1.29, 1.82) is 0 Å². The van der Waals surface area contributed by atoms with E-state index in [0.717, 1.165) is 11.6 Å². The molecule has 0 aliphatic carbocycles. The predicted octanol–water partition coefficient (Wildman–Crippen LogP) is 1.54. The monoisotopic (exact) mass is 304 g/mol. The number of rotatable bonds is 4. The summed E-state index contributed by atoms with van der Waals surface area (Å²) >= 11 is 0. The van der Waals surface area contributed by atoms with Crippen LogP contribution in [-0.2, 0) is 17.9 Å². The van der Waals surface area contributed by atoms with Crippen LogP contribution in [0.1, 0.15) is 18.1 Å². The molecule has 7 heteroatoms. The van der Waals surface area contributed by atoms with Crippen molar-refractivity contribution in [3.05, 3.63) is 41.7 Å². The first-order chi connectivity index (χ1) is 10.6. The Balaban J connectivity index is 1.52. The Morgan fingerprint density at radius 1 is 1.32 bits per heavy atom. The summed E-state index contributed by atoms with van der Waals surface area (Å²) in [5, 5.41) is 8.08. The smallest absolute Gasteiger partial charge is 0.226 e. The number of fused-ring (bicyclic) bond motifs is 1. The Kier molecular flexibility index (Phi) is 4.04. The summed E-state index contributed by atoms with van der Waals surface area (Å²) in [6.07, 6.45) is 0.210. The minimum Gasteiger partial charge on any atom is -0.490 e. The normalized spacial score (nSPS) is 13.8. The number of carbonyl (C=O) groups is 1.